The van der Waals surface area contributed by atoms with Crippen LogP contribution in [0.5, 0.6) is 0 Å². The molecule has 0 aliphatic carbocycles. The number of aliphatic hydroxyl groups excluding tert-OH is 1. The molecule has 0 bridgehead atoms. The van der Waals surface area contributed by atoms with E-state index in [-0.39, 0.29) is 25.7 Å². The summed E-state index contributed by atoms with van der Waals surface area (Å²) >= 11 is 0. The van der Waals surface area contributed by atoms with Gasteiger partial charge in [-0.05, 0) is 43.4 Å². The molecule has 6 atom stereocenters. The van der Waals surface area contributed by atoms with Gasteiger partial charge in [0.1, 0.15) is 19.3 Å². The molecular formula is C75H146O17P2. The predicted molar refractivity (Wildman–Crippen MR) is 381 cm³/mol. The van der Waals surface area contributed by atoms with Gasteiger partial charge in [-0.2, -0.15) is 0 Å². The van der Waals surface area contributed by atoms with E-state index in [2.05, 4.69) is 48.5 Å². The van der Waals surface area contributed by atoms with Gasteiger partial charge in [0.05, 0.1) is 26.4 Å². The zero-order valence-corrected chi connectivity index (χ0v) is 63.2. The van der Waals surface area contributed by atoms with Crippen LogP contribution in [0.1, 0.15) is 382 Å². The molecule has 17 nitrogen and oxygen atoms in total. The van der Waals surface area contributed by atoms with Gasteiger partial charge in [0, 0.05) is 25.7 Å². The number of phosphoric acid groups is 2. The van der Waals surface area contributed by atoms with Gasteiger partial charge in [0.2, 0.25) is 0 Å². The van der Waals surface area contributed by atoms with Crippen LogP contribution in [-0.4, -0.2) is 96.7 Å². The molecule has 0 saturated carbocycles. The fourth-order valence-electron chi connectivity index (χ4n) is 11.4. The highest BCUT2D eigenvalue weighted by Crippen LogP contribution is 2.45. The van der Waals surface area contributed by atoms with E-state index >= 15 is 0 Å². The first-order chi connectivity index (χ1) is 45.3. The van der Waals surface area contributed by atoms with Crippen LogP contribution >= 0.6 is 15.6 Å². The summed E-state index contributed by atoms with van der Waals surface area (Å²) < 4.78 is 68.4. The van der Waals surface area contributed by atoms with Crippen LogP contribution < -0.4 is 0 Å². The number of rotatable bonds is 73. The summed E-state index contributed by atoms with van der Waals surface area (Å²) in [6, 6.07) is 0. The topological polar surface area (TPSA) is 237 Å². The summed E-state index contributed by atoms with van der Waals surface area (Å²) in [5.41, 5.74) is 0. The Morgan fingerprint density at radius 1 is 0.309 bits per heavy atom. The standard InChI is InChI=1S/C75H146O17P2/c1-8-10-11-12-13-14-29-34-42-49-56-72(77)86-63-71(92-75(80)59-52-45-38-37-41-48-55-68(7)9-2)65-90-94(83,84)88-61-69(76)60-87-93(81,82)89-64-70(62-85-73(78)57-50-43-35-30-26-25-28-33-40-47-54-67(5)6)91-74(79)58-51-44-36-31-24-22-20-18-16-15-17-19-21-23-27-32-39-46-53-66(3)4/h66-71,76H,8-65H2,1-7H3,(H,81,82)(H,83,84)/t68?,69-,70-,71-/m1/s1. The molecule has 3 N–H and O–H groups in total. The largest absolute Gasteiger partial charge is 0.472 e. The number of unbranched alkanes of at least 4 members (excludes halogenated alkanes) is 40. The van der Waals surface area contributed by atoms with Crippen molar-refractivity contribution >= 4 is 39.5 Å². The lowest BCUT2D eigenvalue weighted by Gasteiger charge is -2.21. The first-order valence-electron chi connectivity index (χ1n) is 38.9. The average Bonchev–Trinajstić information content (AvgIpc) is 1.26. The summed E-state index contributed by atoms with van der Waals surface area (Å²) in [7, 11) is -9.91. The second kappa shape index (κ2) is 65.7. The minimum Gasteiger partial charge on any atom is -0.462 e. The monoisotopic (exact) mass is 1380 g/mol. The van der Waals surface area contributed by atoms with Crippen molar-refractivity contribution in [3.05, 3.63) is 0 Å². The molecule has 0 aromatic carbocycles. The minimum atomic E-state index is -4.96. The van der Waals surface area contributed by atoms with Crippen LogP contribution in [0.25, 0.3) is 0 Å². The molecule has 0 aliphatic heterocycles. The van der Waals surface area contributed by atoms with E-state index in [9.17, 15) is 43.2 Å². The van der Waals surface area contributed by atoms with Crippen molar-refractivity contribution < 1.29 is 80.2 Å². The Balaban J connectivity index is 5.19. The van der Waals surface area contributed by atoms with Crippen LogP contribution in [0.4, 0.5) is 0 Å². The number of carbonyl (C=O) groups is 4. The molecule has 0 aromatic rings. The Labute approximate surface area is 575 Å². The summed E-state index contributed by atoms with van der Waals surface area (Å²) in [5, 5.41) is 10.6. The molecule has 19 heteroatoms. The highest BCUT2D eigenvalue weighted by atomic mass is 31.2. The highest BCUT2D eigenvalue weighted by molar-refractivity contribution is 7.47. The molecule has 0 amide bonds. The third-order valence-corrected chi connectivity index (χ3v) is 19.6. The maximum absolute atomic E-state index is 13.1. The van der Waals surface area contributed by atoms with Gasteiger partial charge < -0.3 is 33.8 Å². The van der Waals surface area contributed by atoms with Gasteiger partial charge in [-0.25, -0.2) is 9.13 Å². The smallest absolute Gasteiger partial charge is 0.462 e. The van der Waals surface area contributed by atoms with E-state index in [1.165, 1.54) is 193 Å². The second-order valence-corrected chi connectivity index (χ2v) is 31.1. The Hall–Kier alpha value is -1.94. The summed E-state index contributed by atoms with van der Waals surface area (Å²) in [6.07, 6.45) is 51.5. The number of esters is 4. The number of aliphatic hydroxyl groups is 1. The van der Waals surface area contributed by atoms with Crippen LogP contribution in [0, 0.1) is 17.8 Å². The number of phosphoric ester groups is 2. The molecule has 0 heterocycles. The Morgan fingerprint density at radius 3 is 0.809 bits per heavy atom. The normalized spacial score (nSPS) is 14.4. The van der Waals surface area contributed by atoms with Crippen molar-refractivity contribution in [3.8, 4) is 0 Å². The third kappa shape index (κ3) is 67.3. The van der Waals surface area contributed by atoms with Crippen LogP contribution in [0.2, 0.25) is 0 Å². The fourth-order valence-corrected chi connectivity index (χ4v) is 13.0. The minimum absolute atomic E-state index is 0.103. The first-order valence-corrected chi connectivity index (χ1v) is 41.9. The Kier molecular flexibility index (Phi) is 64.3. The Bertz CT molecular complexity index is 1840. The quantitative estimate of drug-likeness (QED) is 0.0222. The molecule has 0 fully saturated rings. The number of hydrogen-bond acceptors (Lipinski definition) is 15. The lowest BCUT2D eigenvalue weighted by atomic mass is 10.00. The van der Waals surface area contributed by atoms with E-state index < -0.39 is 97.5 Å². The van der Waals surface area contributed by atoms with E-state index in [0.29, 0.717) is 25.7 Å². The van der Waals surface area contributed by atoms with E-state index in [1.807, 2.05) is 0 Å². The van der Waals surface area contributed by atoms with Gasteiger partial charge in [-0.3, -0.25) is 37.3 Å². The predicted octanol–water partition coefficient (Wildman–Crippen LogP) is 21.8. The van der Waals surface area contributed by atoms with Crippen LogP contribution in [0.3, 0.4) is 0 Å². The van der Waals surface area contributed by atoms with Crippen molar-refractivity contribution in [2.24, 2.45) is 17.8 Å². The van der Waals surface area contributed by atoms with Gasteiger partial charge in [0.15, 0.2) is 12.2 Å². The van der Waals surface area contributed by atoms with Gasteiger partial charge in [-0.1, -0.05) is 331 Å². The van der Waals surface area contributed by atoms with E-state index in [4.69, 9.17) is 37.0 Å². The van der Waals surface area contributed by atoms with Gasteiger partial charge in [0.25, 0.3) is 0 Å². The fraction of sp³-hybridized carbons (Fsp3) is 0.947. The van der Waals surface area contributed by atoms with Crippen LogP contribution in [-0.2, 0) is 65.4 Å². The van der Waals surface area contributed by atoms with E-state index in [0.717, 1.165) is 108 Å². The van der Waals surface area contributed by atoms with Crippen LogP contribution in [0.15, 0.2) is 0 Å². The molecular weight excluding hydrogens is 1230 g/mol. The highest BCUT2D eigenvalue weighted by Gasteiger charge is 2.30. The van der Waals surface area contributed by atoms with Crippen molar-refractivity contribution in [2.45, 2.75) is 401 Å². The molecule has 0 rings (SSSR count). The zero-order valence-electron chi connectivity index (χ0n) is 61.4. The first kappa shape index (κ1) is 92.1. The lowest BCUT2D eigenvalue weighted by molar-refractivity contribution is -0.161. The van der Waals surface area contributed by atoms with Crippen molar-refractivity contribution in [1.29, 1.82) is 0 Å². The van der Waals surface area contributed by atoms with Crippen molar-refractivity contribution in [1.82, 2.24) is 0 Å². The lowest BCUT2D eigenvalue weighted by Crippen LogP contribution is -2.30. The molecule has 0 spiro atoms. The molecule has 0 saturated heterocycles. The molecule has 94 heavy (non-hydrogen) atoms. The zero-order chi connectivity index (χ0) is 69.4. The second-order valence-electron chi connectivity index (χ2n) is 28.2. The molecule has 0 aliphatic rings. The summed E-state index contributed by atoms with van der Waals surface area (Å²) in [5.74, 6) is 0.176. The molecule has 0 aromatic heterocycles. The maximum Gasteiger partial charge on any atom is 0.472 e. The third-order valence-electron chi connectivity index (χ3n) is 17.7. The maximum atomic E-state index is 13.1. The molecule has 558 valence electrons. The van der Waals surface area contributed by atoms with Crippen molar-refractivity contribution in [3.63, 3.8) is 0 Å². The SMILES string of the molecule is CCCCCCCCCCCCC(=O)OC[C@H](COP(=O)(O)OC[C@H](O)COP(=O)(O)OC[C@@H](COC(=O)CCCCCCCCCCCCC(C)C)OC(=O)CCCCCCCCCCCCCCCCCCCCC(C)C)OC(=O)CCCCCCCCC(C)CC. The summed E-state index contributed by atoms with van der Waals surface area (Å²) in [6.45, 7) is 11.9. The molecule has 3 unspecified atom stereocenters. The number of carbonyl (C=O) groups excluding carboxylic acids is 4. The molecule has 0 radical (unpaired) electrons. The average molecular weight is 1380 g/mol. The van der Waals surface area contributed by atoms with Crippen molar-refractivity contribution in [2.75, 3.05) is 39.6 Å². The number of hydrogen-bond donors (Lipinski definition) is 3. The van der Waals surface area contributed by atoms with Gasteiger partial charge in [-0.15, -0.1) is 0 Å². The number of ether oxygens (including phenoxy) is 4. The van der Waals surface area contributed by atoms with E-state index in [1.54, 1.807) is 0 Å². The summed E-state index contributed by atoms with van der Waals surface area (Å²) in [4.78, 5) is 72.7. The van der Waals surface area contributed by atoms with Gasteiger partial charge >= 0.3 is 39.5 Å². The Morgan fingerprint density at radius 2 is 0.543 bits per heavy atom.